The highest BCUT2D eigenvalue weighted by Crippen LogP contribution is 2.49. The van der Waals surface area contributed by atoms with Gasteiger partial charge in [0.15, 0.2) is 0 Å². The van der Waals surface area contributed by atoms with Crippen LogP contribution in [0, 0.1) is 0 Å². The molecular formula is C17H19Cl2NO. The minimum absolute atomic E-state index is 0.0308. The van der Waals surface area contributed by atoms with Gasteiger partial charge in [0.2, 0.25) is 0 Å². The average molecular weight is 324 g/mol. The van der Waals surface area contributed by atoms with Crippen LogP contribution in [0.4, 0.5) is 5.69 Å². The third kappa shape index (κ3) is 2.25. The van der Waals surface area contributed by atoms with Crippen molar-refractivity contribution in [3.05, 3.63) is 34.9 Å². The molecule has 1 aliphatic rings. The Morgan fingerprint density at radius 2 is 2.05 bits per heavy atom. The standard InChI is InChI=1S/C17H19Cl2NO/c1-17(2,3)20-9-10(8-18)15-13(20)7-14(21)11-5-4-6-12(19)16(11)15/h4-7,10,21H,8-9H2,1-3H3/t10-/m1/s1. The van der Waals surface area contributed by atoms with Crippen LogP contribution in [0.1, 0.15) is 32.3 Å². The minimum Gasteiger partial charge on any atom is -0.507 e. The van der Waals surface area contributed by atoms with Crippen LogP contribution in [-0.2, 0) is 0 Å². The molecule has 2 aromatic carbocycles. The number of nitrogens with zero attached hydrogens (tertiary/aromatic N) is 1. The molecule has 0 saturated carbocycles. The lowest BCUT2D eigenvalue weighted by Crippen LogP contribution is -2.40. The molecule has 0 unspecified atom stereocenters. The average Bonchev–Trinajstić information content (AvgIpc) is 2.77. The summed E-state index contributed by atoms with van der Waals surface area (Å²) in [6.07, 6.45) is 0. The predicted octanol–water partition coefficient (Wildman–Crippen LogP) is 5.14. The maximum absolute atomic E-state index is 10.4. The van der Waals surface area contributed by atoms with Gasteiger partial charge in [-0.1, -0.05) is 23.7 Å². The van der Waals surface area contributed by atoms with Crippen LogP contribution in [0.3, 0.4) is 0 Å². The van der Waals surface area contributed by atoms with Crippen molar-refractivity contribution in [1.82, 2.24) is 0 Å². The molecule has 1 atom stereocenters. The summed E-state index contributed by atoms with van der Waals surface area (Å²) in [6.45, 7) is 7.36. The largest absolute Gasteiger partial charge is 0.507 e. The Morgan fingerprint density at radius 3 is 2.67 bits per heavy atom. The number of phenolic OH excluding ortho intramolecular Hbond substituents is 1. The van der Waals surface area contributed by atoms with Crippen molar-refractivity contribution in [2.24, 2.45) is 0 Å². The molecule has 0 aliphatic carbocycles. The molecule has 0 bridgehead atoms. The molecule has 3 rings (SSSR count). The number of anilines is 1. The minimum atomic E-state index is -0.0308. The van der Waals surface area contributed by atoms with Crippen LogP contribution in [0.15, 0.2) is 24.3 Å². The Balaban J connectivity index is 2.37. The lowest BCUT2D eigenvalue weighted by molar-refractivity contribution is 0.479. The summed E-state index contributed by atoms with van der Waals surface area (Å²) in [5.74, 6) is 1.05. The molecule has 0 aromatic heterocycles. The van der Waals surface area contributed by atoms with E-state index in [1.54, 1.807) is 0 Å². The van der Waals surface area contributed by atoms with Crippen LogP contribution >= 0.6 is 23.2 Å². The molecule has 112 valence electrons. The van der Waals surface area contributed by atoms with Crippen molar-refractivity contribution in [2.75, 3.05) is 17.3 Å². The van der Waals surface area contributed by atoms with E-state index in [2.05, 4.69) is 25.7 Å². The Labute approximate surface area is 135 Å². The van der Waals surface area contributed by atoms with Crippen molar-refractivity contribution < 1.29 is 5.11 Å². The topological polar surface area (TPSA) is 23.5 Å². The second-order valence-corrected chi connectivity index (χ2v) is 7.34. The van der Waals surface area contributed by atoms with Crippen molar-refractivity contribution >= 4 is 39.7 Å². The third-order valence-electron chi connectivity index (χ3n) is 4.21. The highest BCUT2D eigenvalue weighted by Gasteiger charge is 2.36. The quantitative estimate of drug-likeness (QED) is 0.734. The molecule has 0 saturated heterocycles. The summed E-state index contributed by atoms with van der Waals surface area (Å²) >= 11 is 12.6. The van der Waals surface area contributed by atoms with Gasteiger partial charge in [-0.15, -0.1) is 11.6 Å². The fraction of sp³-hybridized carbons (Fsp3) is 0.412. The van der Waals surface area contributed by atoms with E-state index in [-0.39, 0.29) is 17.2 Å². The molecule has 0 radical (unpaired) electrons. The van der Waals surface area contributed by atoms with Crippen LogP contribution < -0.4 is 4.90 Å². The lowest BCUT2D eigenvalue weighted by Gasteiger charge is -2.35. The fourth-order valence-electron chi connectivity index (χ4n) is 3.23. The number of fused-ring (bicyclic) bond motifs is 3. The summed E-state index contributed by atoms with van der Waals surface area (Å²) in [5.41, 5.74) is 2.18. The summed E-state index contributed by atoms with van der Waals surface area (Å²) < 4.78 is 0. The first kappa shape index (κ1) is 14.8. The highest BCUT2D eigenvalue weighted by molar-refractivity contribution is 6.36. The van der Waals surface area contributed by atoms with Gasteiger partial charge in [0.25, 0.3) is 0 Å². The van der Waals surface area contributed by atoms with Gasteiger partial charge in [-0.2, -0.15) is 0 Å². The number of benzene rings is 2. The van der Waals surface area contributed by atoms with E-state index in [1.807, 2.05) is 24.3 Å². The number of phenols is 1. The van der Waals surface area contributed by atoms with Crippen LogP contribution in [0.2, 0.25) is 5.02 Å². The summed E-state index contributed by atoms with van der Waals surface area (Å²) in [6, 6.07) is 7.49. The van der Waals surface area contributed by atoms with E-state index in [4.69, 9.17) is 23.2 Å². The molecule has 0 spiro atoms. The Bertz CT molecular complexity index is 706. The molecular weight excluding hydrogens is 305 g/mol. The predicted molar refractivity (Wildman–Crippen MR) is 91.2 cm³/mol. The molecule has 1 N–H and O–H groups in total. The number of alkyl halides is 1. The van der Waals surface area contributed by atoms with E-state index in [0.29, 0.717) is 10.9 Å². The van der Waals surface area contributed by atoms with Crippen LogP contribution in [0.25, 0.3) is 10.8 Å². The molecule has 1 aliphatic heterocycles. The maximum atomic E-state index is 10.4. The van der Waals surface area contributed by atoms with Gasteiger partial charge in [-0.25, -0.2) is 0 Å². The van der Waals surface area contributed by atoms with Crippen molar-refractivity contribution in [1.29, 1.82) is 0 Å². The van der Waals surface area contributed by atoms with E-state index in [1.165, 1.54) is 5.56 Å². The number of rotatable bonds is 1. The Kier molecular flexibility index (Phi) is 3.50. The molecule has 4 heteroatoms. The van der Waals surface area contributed by atoms with Gasteiger partial charge < -0.3 is 10.0 Å². The van der Waals surface area contributed by atoms with Crippen LogP contribution in [-0.4, -0.2) is 23.1 Å². The first-order chi connectivity index (χ1) is 9.84. The van der Waals surface area contributed by atoms with Gasteiger partial charge in [-0.3, -0.25) is 0 Å². The van der Waals surface area contributed by atoms with Crippen molar-refractivity contribution in [3.8, 4) is 5.75 Å². The van der Waals surface area contributed by atoms with Gasteiger partial charge in [0.05, 0.1) is 0 Å². The van der Waals surface area contributed by atoms with Gasteiger partial charge >= 0.3 is 0 Å². The highest BCUT2D eigenvalue weighted by atomic mass is 35.5. The summed E-state index contributed by atoms with van der Waals surface area (Å²) in [4.78, 5) is 2.30. The molecule has 2 aromatic rings. The molecule has 1 heterocycles. The zero-order valence-corrected chi connectivity index (χ0v) is 14.0. The molecule has 0 fully saturated rings. The fourth-order valence-corrected chi connectivity index (χ4v) is 3.76. The van der Waals surface area contributed by atoms with Gasteiger partial charge in [-0.05, 0) is 32.4 Å². The van der Waals surface area contributed by atoms with E-state index in [9.17, 15) is 5.11 Å². The number of hydrogen-bond acceptors (Lipinski definition) is 2. The molecule has 0 amide bonds. The van der Waals surface area contributed by atoms with E-state index in [0.717, 1.165) is 23.0 Å². The first-order valence-corrected chi connectivity index (χ1v) is 8.03. The van der Waals surface area contributed by atoms with Gasteiger partial charge in [0, 0.05) is 51.4 Å². The maximum Gasteiger partial charge on any atom is 0.125 e. The zero-order chi connectivity index (χ0) is 15.4. The van der Waals surface area contributed by atoms with Crippen molar-refractivity contribution in [2.45, 2.75) is 32.2 Å². The number of aromatic hydroxyl groups is 1. The van der Waals surface area contributed by atoms with E-state index >= 15 is 0 Å². The SMILES string of the molecule is CC(C)(C)N1C[C@@H](CCl)c2c1cc(O)c1cccc(Cl)c21. The normalized spacial score (nSPS) is 18.3. The van der Waals surface area contributed by atoms with Gasteiger partial charge in [0.1, 0.15) is 5.75 Å². The molecule has 2 nitrogen and oxygen atoms in total. The third-order valence-corrected chi connectivity index (χ3v) is 4.89. The van der Waals surface area contributed by atoms with E-state index < -0.39 is 0 Å². The number of hydrogen-bond donors (Lipinski definition) is 1. The summed E-state index contributed by atoms with van der Waals surface area (Å²) in [5, 5.41) is 12.8. The van der Waals surface area contributed by atoms with Crippen LogP contribution in [0.5, 0.6) is 5.75 Å². The molecule has 21 heavy (non-hydrogen) atoms. The lowest BCUT2D eigenvalue weighted by atomic mass is 9.95. The number of halogens is 2. The zero-order valence-electron chi connectivity index (χ0n) is 12.5. The summed E-state index contributed by atoms with van der Waals surface area (Å²) in [7, 11) is 0. The Morgan fingerprint density at radius 1 is 1.33 bits per heavy atom. The second kappa shape index (κ2) is 4.96. The smallest absolute Gasteiger partial charge is 0.125 e. The first-order valence-electron chi connectivity index (χ1n) is 7.12. The Hall–Kier alpha value is -1.12. The van der Waals surface area contributed by atoms with Crippen molar-refractivity contribution in [3.63, 3.8) is 0 Å². The monoisotopic (exact) mass is 323 g/mol. The second-order valence-electron chi connectivity index (χ2n) is 6.62.